The zero-order valence-corrected chi connectivity index (χ0v) is 17.6. The molecule has 154 valence electrons. The molecule has 4 rings (SSSR count). The third-order valence-corrected chi connectivity index (χ3v) is 7.38. The highest BCUT2D eigenvalue weighted by Gasteiger charge is 2.44. The molecule has 1 fully saturated rings. The van der Waals surface area contributed by atoms with Crippen LogP contribution >= 0.6 is 34.3 Å². The summed E-state index contributed by atoms with van der Waals surface area (Å²) < 4.78 is 5.65. The van der Waals surface area contributed by atoms with E-state index in [1.807, 2.05) is 17.6 Å². The van der Waals surface area contributed by atoms with Gasteiger partial charge >= 0.3 is 0 Å². The van der Waals surface area contributed by atoms with Gasteiger partial charge in [0.05, 0.1) is 16.5 Å². The molecule has 0 spiro atoms. The van der Waals surface area contributed by atoms with Gasteiger partial charge in [0.25, 0.3) is 0 Å². The second-order valence-corrected chi connectivity index (χ2v) is 9.34. The summed E-state index contributed by atoms with van der Waals surface area (Å²) in [5, 5.41) is 43.3. The molecule has 3 aromatic rings. The number of benzene rings is 1. The zero-order chi connectivity index (χ0) is 20.5. The van der Waals surface area contributed by atoms with Crippen LogP contribution in [0.5, 0.6) is 0 Å². The van der Waals surface area contributed by atoms with Crippen molar-refractivity contribution in [1.29, 1.82) is 0 Å². The van der Waals surface area contributed by atoms with Crippen LogP contribution in [0.2, 0.25) is 5.02 Å². The van der Waals surface area contributed by atoms with Crippen molar-refractivity contribution in [1.82, 2.24) is 4.98 Å². The maximum Gasteiger partial charge on any atom is 0.113 e. The predicted octanol–water partition coefficient (Wildman–Crippen LogP) is 2.63. The zero-order valence-electron chi connectivity index (χ0n) is 15.2. The lowest BCUT2D eigenvalue weighted by molar-refractivity contribution is -0.231. The first-order valence-corrected chi connectivity index (χ1v) is 11.1. The van der Waals surface area contributed by atoms with E-state index in [0.717, 1.165) is 20.3 Å². The second kappa shape index (κ2) is 8.79. The van der Waals surface area contributed by atoms with Gasteiger partial charge in [0, 0.05) is 22.5 Å². The van der Waals surface area contributed by atoms with Crippen molar-refractivity contribution in [2.75, 3.05) is 6.61 Å². The standard InChI is InChI=1S/C20H20ClNO5S2/c21-12-4-3-10(20-19(26)18(25)17(24)13(9-23)27-20)6-11(12)7-16-22-8-15(29-16)14-2-1-5-28-14/h1-6,8,13,17-20,23-26H,7,9H2/t13-,17-,18+,19-,20+/m1/s1. The molecule has 0 radical (unpaired) electrons. The van der Waals surface area contributed by atoms with Crippen LogP contribution < -0.4 is 0 Å². The van der Waals surface area contributed by atoms with Crippen LogP contribution in [-0.2, 0) is 11.2 Å². The number of thiophene rings is 1. The number of nitrogens with zero attached hydrogens (tertiary/aromatic N) is 1. The number of ether oxygens (including phenoxy) is 1. The van der Waals surface area contributed by atoms with Gasteiger partial charge in [-0.05, 0) is 28.6 Å². The van der Waals surface area contributed by atoms with Gasteiger partial charge in [-0.25, -0.2) is 4.98 Å². The fourth-order valence-corrected chi connectivity index (χ4v) is 5.32. The molecule has 1 aliphatic rings. The lowest BCUT2D eigenvalue weighted by atomic mass is 9.90. The Bertz CT molecular complexity index is 962. The minimum absolute atomic E-state index is 0.466. The Balaban J connectivity index is 1.58. The summed E-state index contributed by atoms with van der Waals surface area (Å²) in [6.07, 6.45) is -3.61. The first-order valence-electron chi connectivity index (χ1n) is 9.05. The number of halogens is 1. The highest BCUT2D eigenvalue weighted by atomic mass is 35.5. The van der Waals surface area contributed by atoms with Gasteiger partial charge in [-0.15, -0.1) is 22.7 Å². The molecule has 5 atom stereocenters. The average Bonchev–Trinajstić information content (AvgIpc) is 3.40. The molecular weight excluding hydrogens is 434 g/mol. The number of aliphatic hydroxyl groups is 4. The van der Waals surface area contributed by atoms with Crippen LogP contribution in [0.25, 0.3) is 9.75 Å². The van der Waals surface area contributed by atoms with Crippen LogP contribution in [0, 0.1) is 0 Å². The van der Waals surface area contributed by atoms with Crippen molar-refractivity contribution >= 4 is 34.3 Å². The Labute approximate surface area is 180 Å². The maximum atomic E-state index is 10.4. The minimum Gasteiger partial charge on any atom is -0.394 e. The molecule has 29 heavy (non-hydrogen) atoms. The number of thiazole rings is 1. The van der Waals surface area contributed by atoms with Crippen molar-refractivity contribution in [3.63, 3.8) is 0 Å². The summed E-state index contributed by atoms with van der Waals surface area (Å²) in [4.78, 5) is 6.75. The van der Waals surface area contributed by atoms with Crippen LogP contribution in [0.15, 0.2) is 41.9 Å². The highest BCUT2D eigenvalue weighted by Crippen LogP contribution is 2.35. The van der Waals surface area contributed by atoms with Crippen LogP contribution in [0.1, 0.15) is 22.2 Å². The lowest BCUT2D eigenvalue weighted by Gasteiger charge is -2.40. The molecule has 0 amide bonds. The Morgan fingerprint density at radius 3 is 2.62 bits per heavy atom. The van der Waals surface area contributed by atoms with Crippen molar-refractivity contribution in [2.45, 2.75) is 36.9 Å². The second-order valence-electron chi connectivity index (χ2n) is 6.87. The molecular formula is C20H20ClNO5S2. The monoisotopic (exact) mass is 453 g/mol. The van der Waals surface area contributed by atoms with Crippen molar-refractivity contribution in [2.24, 2.45) is 0 Å². The molecule has 6 nitrogen and oxygen atoms in total. The van der Waals surface area contributed by atoms with Crippen molar-refractivity contribution < 1.29 is 25.2 Å². The van der Waals surface area contributed by atoms with Gasteiger partial charge in [-0.2, -0.15) is 0 Å². The van der Waals surface area contributed by atoms with Crippen LogP contribution in [-0.4, -0.2) is 56.4 Å². The predicted molar refractivity (Wildman–Crippen MR) is 112 cm³/mol. The van der Waals surface area contributed by atoms with Crippen molar-refractivity contribution in [3.05, 3.63) is 63.1 Å². The van der Waals surface area contributed by atoms with E-state index in [1.165, 1.54) is 0 Å². The maximum absolute atomic E-state index is 10.4. The smallest absolute Gasteiger partial charge is 0.113 e. The summed E-state index contributed by atoms with van der Waals surface area (Å²) in [6.45, 7) is -0.466. The quantitative estimate of drug-likeness (QED) is 0.473. The lowest BCUT2D eigenvalue weighted by Crippen LogP contribution is -2.55. The molecule has 1 aliphatic heterocycles. The van der Waals surface area contributed by atoms with Gasteiger partial charge in [0.15, 0.2) is 0 Å². The molecule has 9 heteroatoms. The van der Waals surface area contributed by atoms with E-state index >= 15 is 0 Å². The normalized spacial score (nSPS) is 27.3. The Morgan fingerprint density at radius 1 is 1.07 bits per heavy atom. The van der Waals surface area contributed by atoms with E-state index in [9.17, 15) is 20.4 Å². The molecule has 0 unspecified atom stereocenters. The summed E-state index contributed by atoms with van der Waals surface area (Å²) in [7, 11) is 0. The fourth-order valence-electron chi connectivity index (χ4n) is 3.37. The van der Waals surface area contributed by atoms with Gasteiger partial charge in [-0.3, -0.25) is 0 Å². The SMILES string of the molecule is OC[C@H]1O[C@@H](c2ccc(Cl)c(Cc3ncc(-c4cccs4)s3)c2)[C@H](O)[C@@H](O)[C@@H]1O. The van der Waals surface area contributed by atoms with Gasteiger partial charge in [0.1, 0.15) is 30.5 Å². The van der Waals surface area contributed by atoms with E-state index in [0.29, 0.717) is 17.0 Å². The average molecular weight is 454 g/mol. The number of aromatic nitrogens is 1. The summed E-state index contributed by atoms with van der Waals surface area (Å²) >= 11 is 9.63. The first kappa shape index (κ1) is 20.9. The Kier molecular flexibility index (Phi) is 6.33. The largest absolute Gasteiger partial charge is 0.394 e. The van der Waals surface area contributed by atoms with E-state index in [-0.39, 0.29) is 0 Å². The summed E-state index contributed by atoms with van der Waals surface area (Å²) in [6, 6.07) is 9.27. The molecule has 1 saturated heterocycles. The van der Waals surface area contributed by atoms with E-state index in [1.54, 1.807) is 40.9 Å². The van der Waals surface area contributed by atoms with Gasteiger partial charge < -0.3 is 25.2 Å². The van der Waals surface area contributed by atoms with Crippen LogP contribution in [0.4, 0.5) is 0 Å². The third kappa shape index (κ3) is 4.26. The Hall–Kier alpha value is -1.36. The summed E-state index contributed by atoms with van der Waals surface area (Å²) in [5.41, 5.74) is 1.42. The van der Waals surface area contributed by atoms with Gasteiger partial charge in [0.2, 0.25) is 0 Å². The summed E-state index contributed by atoms with van der Waals surface area (Å²) in [5.74, 6) is 0. The number of hydrogen-bond donors (Lipinski definition) is 4. The van der Waals surface area contributed by atoms with Crippen molar-refractivity contribution in [3.8, 4) is 9.75 Å². The molecule has 1 aromatic carbocycles. The molecule has 2 aromatic heterocycles. The minimum atomic E-state index is -1.42. The molecule has 4 N–H and O–H groups in total. The third-order valence-electron chi connectivity index (χ3n) is 4.95. The molecule has 0 bridgehead atoms. The van der Waals surface area contributed by atoms with E-state index < -0.39 is 37.1 Å². The van der Waals surface area contributed by atoms with E-state index in [2.05, 4.69) is 11.1 Å². The first-order chi connectivity index (χ1) is 14.0. The molecule has 0 aliphatic carbocycles. The Morgan fingerprint density at radius 2 is 1.90 bits per heavy atom. The topological polar surface area (TPSA) is 103 Å². The number of hydrogen-bond acceptors (Lipinski definition) is 8. The number of rotatable bonds is 5. The number of aliphatic hydroxyl groups excluding tert-OH is 4. The fraction of sp³-hybridized carbons (Fsp3) is 0.350. The van der Waals surface area contributed by atoms with E-state index in [4.69, 9.17) is 16.3 Å². The molecule has 0 saturated carbocycles. The highest BCUT2D eigenvalue weighted by molar-refractivity contribution is 7.21. The van der Waals surface area contributed by atoms with Gasteiger partial charge in [-0.1, -0.05) is 29.8 Å². The molecule has 3 heterocycles. The van der Waals surface area contributed by atoms with Crippen LogP contribution in [0.3, 0.4) is 0 Å².